The number of urea groups is 1. The number of primary amides is 1. The van der Waals surface area contributed by atoms with E-state index in [9.17, 15) is 9.59 Å². The maximum absolute atomic E-state index is 11.5. The molecule has 1 aromatic heterocycles. The van der Waals surface area contributed by atoms with E-state index in [4.69, 9.17) is 5.73 Å². The topological polar surface area (TPSA) is 88.3 Å². The highest BCUT2D eigenvalue weighted by Gasteiger charge is 2.22. The van der Waals surface area contributed by atoms with Crippen molar-refractivity contribution in [2.45, 2.75) is 19.8 Å². The first-order chi connectivity index (χ1) is 7.84. The van der Waals surface area contributed by atoms with Crippen LogP contribution in [0.25, 0.3) is 0 Å². The quantitative estimate of drug-likeness (QED) is 0.858. The van der Waals surface area contributed by atoms with E-state index in [0.29, 0.717) is 16.3 Å². The summed E-state index contributed by atoms with van der Waals surface area (Å²) in [6.07, 6.45) is 0. The van der Waals surface area contributed by atoms with Crippen LogP contribution < -0.4 is 11.1 Å². The summed E-state index contributed by atoms with van der Waals surface area (Å²) in [6, 6.07) is -0.313. The molecule has 94 valence electrons. The van der Waals surface area contributed by atoms with Gasteiger partial charge in [-0.15, -0.1) is 0 Å². The van der Waals surface area contributed by atoms with Crippen molar-refractivity contribution in [1.82, 2.24) is 9.27 Å². The van der Waals surface area contributed by atoms with Crippen molar-refractivity contribution in [3.05, 3.63) is 11.3 Å². The van der Waals surface area contributed by atoms with E-state index >= 15 is 0 Å². The lowest BCUT2D eigenvalue weighted by molar-refractivity contribution is 0.1000. The molecule has 0 aromatic carbocycles. The molecule has 0 fully saturated rings. The van der Waals surface area contributed by atoms with E-state index in [-0.39, 0.29) is 11.9 Å². The number of carbonyl (C=O) groups excluding carboxylic acids is 2. The van der Waals surface area contributed by atoms with Gasteiger partial charge in [-0.25, -0.2) is 4.79 Å². The molecule has 3 N–H and O–H groups in total. The Labute approximate surface area is 104 Å². The predicted octanol–water partition coefficient (Wildman–Crippen LogP) is 1.46. The molecule has 0 aliphatic carbocycles. The Morgan fingerprint density at radius 1 is 1.41 bits per heavy atom. The predicted molar refractivity (Wildman–Crippen MR) is 67.4 cm³/mol. The normalized spacial score (nSPS) is 10.4. The van der Waals surface area contributed by atoms with Gasteiger partial charge in [0, 0.05) is 14.1 Å². The minimum absolute atomic E-state index is 0.0822. The van der Waals surface area contributed by atoms with Gasteiger partial charge in [-0.3, -0.25) is 10.1 Å². The lowest BCUT2D eigenvalue weighted by Gasteiger charge is -2.11. The number of hydrogen-bond donors (Lipinski definition) is 2. The number of carbonyl (C=O) groups is 2. The van der Waals surface area contributed by atoms with Crippen molar-refractivity contribution in [3.63, 3.8) is 0 Å². The Morgan fingerprint density at radius 3 is 2.41 bits per heavy atom. The first kappa shape index (κ1) is 13.4. The van der Waals surface area contributed by atoms with Gasteiger partial charge in [-0.2, -0.15) is 4.37 Å². The van der Waals surface area contributed by atoms with E-state index in [2.05, 4.69) is 9.69 Å². The van der Waals surface area contributed by atoms with Crippen LogP contribution >= 0.6 is 11.5 Å². The van der Waals surface area contributed by atoms with Crippen molar-refractivity contribution in [2.75, 3.05) is 19.4 Å². The summed E-state index contributed by atoms with van der Waals surface area (Å²) in [6.45, 7) is 3.83. The van der Waals surface area contributed by atoms with Crippen LogP contribution in [0.15, 0.2) is 0 Å². The van der Waals surface area contributed by atoms with Crippen LogP contribution in [0.2, 0.25) is 0 Å². The molecule has 1 aromatic rings. The lowest BCUT2D eigenvalue weighted by atomic mass is 10.1. The molecule has 17 heavy (non-hydrogen) atoms. The largest absolute Gasteiger partial charge is 0.365 e. The Bertz CT molecular complexity index is 440. The highest BCUT2D eigenvalue weighted by Crippen LogP contribution is 2.29. The Kier molecular flexibility index (Phi) is 4.06. The average molecular weight is 256 g/mol. The van der Waals surface area contributed by atoms with E-state index in [1.807, 2.05) is 13.8 Å². The highest BCUT2D eigenvalue weighted by atomic mass is 32.1. The van der Waals surface area contributed by atoms with Crippen molar-refractivity contribution < 1.29 is 9.59 Å². The third-order valence-electron chi connectivity index (χ3n) is 2.14. The van der Waals surface area contributed by atoms with Crippen LogP contribution in [-0.4, -0.2) is 35.3 Å². The van der Waals surface area contributed by atoms with E-state index < -0.39 is 5.91 Å². The van der Waals surface area contributed by atoms with Crippen LogP contribution in [0.3, 0.4) is 0 Å². The molecule has 0 unspecified atom stereocenters. The maximum atomic E-state index is 11.5. The van der Waals surface area contributed by atoms with Gasteiger partial charge < -0.3 is 10.6 Å². The number of amides is 3. The Morgan fingerprint density at radius 2 is 2.00 bits per heavy atom. The molecule has 1 rings (SSSR count). The molecule has 0 saturated heterocycles. The number of nitrogens with zero attached hydrogens (tertiary/aromatic N) is 2. The van der Waals surface area contributed by atoms with E-state index in [1.54, 1.807) is 14.1 Å². The zero-order valence-electron chi connectivity index (χ0n) is 10.3. The Hall–Kier alpha value is -1.63. The molecule has 6 nitrogen and oxygen atoms in total. The minimum Gasteiger partial charge on any atom is -0.365 e. The third-order valence-corrected chi connectivity index (χ3v) is 2.92. The summed E-state index contributed by atoms with van der Waals surface area (Å²) in [4.78, 5) is 24.3. The molecule has 0 aliphatic rings. The number of nitrogens with one attached hydrogen (secondary N) is 1. The second kappa shape index (κ2) is 5.13. The molecule has 7 heteroatoms. The average Bonchev–Trinajstić information content (AvgIpc) is 2.61. The number of nitrogens with two attached hydrogens (primary N) is 1. The highest BCUT2D eigenvalue weighted by molar-refractivity contribution is 7.11. The van der Waals surface area contributed by atoms with Crippen LogP contribution in [-0.2, 0) is 0 Å². The molecule has 0 spiro atoms. The first-order valence-corrected chi connectivity index (χ1v) is 5.89. The monoisotopic (exact) mass is 256 g/mol. The van der Waals surface area contributed by atoms with Crippen LogP contribution in [0.5, 0.6) is 0 Å². The summed E-state index contributed by atoms with van der Waals surface area (Å²) in [5.74, 6) is -0.490. The Balaban J connectivity index is 3.09. The van der Waals surface area contributed by atoms with Crippen molar-refractivity contribution in [3.8, 4) is 0 Å². The van der Waals surface area contributed by atoms with Gasteiger partial charge in [-0.05, 0) is 17.5 Å². The van der Waals surface area contributed by atoms with Gasteiger partial charge in [0.1, 0.15) is 5.00 Å². The molecule has 0 radical (unpaired) electrons. The second-order valence-electron chi connectivity index (χ2n) is 4.12. The molecule has 0 atom stereocenters. The minimum atomic E-state index is -0.573. The van der Waals surface area contributed by atoms with E-state index in [0.717, 1.165) is 11.5 Å². The summed E-state index contributed by atoms with van der Waals surface area (Å²) in [5, 5.41) is 3.01. The number of hydrogen-bond acceptors (Lipinski definition) is 4. The second-order valence-corrected chi connectivity index (χ2v) is 4.89. The maximum Gasteiger partial charge on any atom is 0.321 e. The summed E-state index contributed by atoms with van der Waals surface area (Å²) in [5.41, 5.74) is 6.24. The number of aromatic nitrogens is 1. The smallest absolute Gasteiger partial charge is 0.321 e. The van der Waals surface area contributed by atoms with Gasteiger partial charge in [0.05, 0.1) is 11.3 Å². The molecule has 0 saturated carbocycles. The molecule has 1 heterocycles. The fourth-order valence-electron chi connectivity index (χ4n) is 1.23. The van der Waals surface area contributed by atoms with Crippen molar-refractivity contribution >= 4 is 28.5 Å². The zero-order valence-corrected chi connectivity index (χ0v) is 11.1. The van der Waals surface area contributed by atoms with Crippen molar-refractivity contribution in [2.24, 2.45) is 5.73 Å². The summed E-state index contributed by atoms with van der Waals surface area (Å²) >= 11 is 1.07. The van der Waals surface area contributed by atoms with Crippen LogP contribution in [0, 0.1) is 0 Å². The molecule has 3 amide bonds. The number of rotatable bonds is 3. The van der Waals surface area contributed by atoms with Gasteiger partial charge in [0.15, 0.2) is 0 Å². The number of anilines is 1. The van der Waals surface area contributed by atoms with Gasteiger partial charge in [0.25, 0.3) is 5.91 Å². The third kappa shape index (κ3) is 2.94. The standard InChI is InChI=1S/C10H16N4O2S/c1-5(2)7-6(8(11)15)9(17-13-7)12-10(16)14(3)4/h5H,1-4H3,(H2,11,15)(H,12,16). The fourth-order valence-corrected chi connectivity index (χ4v) is 2.15. The zero-order chi connectivity index (χ0) is 13.2. The molecule has 0 aliphatic heterocycles. The first-order valence-electron chi connectivity index (χ1n) is 5.12. The lowest BCUT2D eigenvalue weighted by Crippen LogP contribution is -2.28. The molecular formula is C10H16N4O2S. The van der Waals surface area contributed by atoms with Gasteiger partial charge >= 0.3 is 6.03 Å². The van der Waals surface area contributed by atoms with Gasteiger partial charge in [-0.1, -0.05) is 13.8 Å². The van der Waals surface area contributed by atoms with Gasteiger partial charge in [0.2, 0.25) is 0 Å². The van der Waals surface area contributed by atoms with Crippen LogP contribution in [0.4, 0.5) is 9.80 Å². The summed E-state index contributed by atoms with van der Waals surface area (Å²) < 4.78 is 4.16. The molecular weight excluding hydrogens is 240 g/mol. The van der Waals surface area contributed by atoms with Crippen LogP contribution in [0.1, 0.15) is 35.8 Å². The van der Waals surface area contributed by atoms with Crippen molar-refractivity contribution in [1.29, 1.82) is 0 Å². The molecule has 0 bridgehead atoms. The van der Waals surface area contributed by atoms with E-state index in [1.165, 1.54) is 4.90 Å². The summed E-state index contributed by atoms with van der Waals surface area (Å²) in [7, 11) is 3.23. The SMILES string of the molecule is CC(C)c1nsc(NC(=O)N(C)C)c1C(N)=O. The fraction of sp³-hybridized carbons (Fsp3) is 0.500.